The lowest BCUT2D eigenvalue weighted by molar-refractivity contribution is -0.131. The first-order chi connectivity index (χ1) is 10.2. The molecular weight excluding hydrogens is 332 g/mol. The molecule has 0 amide bonds. The number of benzene rings is 2. The van der Waals surface area contributed by atoms with Gasteiger partial charge in [-0.2, -0.15) is 0 Å². The number of ether oxygens (including phenoxy) is 1. The molecule has 4 heteroatoms. The van der Waals surface area contributed by atoms with Crippen LogP contribution < -0.4 is 4.74 Å². The molecule has 3 aromatic rings. The Kier molecular flexibility index (Phi) is 3.80. The summed E-state index contributed by atoms with van der Waals surface area (Å²) in [6.45, 7) is 1.38. The summed E-state index contributed by atoms with van der Waals surface area (Å²) in [6, 6.07) is 15.5. The van der Waals surface area contributed by atoms with Gasteiger partial charge in [-0.1, -0.05) is 46.3 Å². The second-order valence-corrected chi connectivity index (χ2v) is 5.21. The molecule has 0 N–H and O–H groups in total. The molecule has 106 valence electrons. The number of carbonyl (C=O) groups is 1. The van der Waals surface area contributed by atoms with Gasteiger partial charge in [0.2, 0.25) is 0 Å². The molecule has 2 aromatic carbocycles. The van der Waals surface area contributed by atoms with Crippen molar-refractivity contribution >= 4 is 32.9 Å². The van der Waals surface area contributed by atoms with Crippen molar-refractivity contribution in [1.29, 1.82) is 0 Å². The Morgan fingerprint density at radius 2 is 1.95 bits per heavy atom. The molecule has 0 saturated carbocycles. The van der Waals surface area contributed by atoms with E-state index in [1.807, 2.05) is 24.3 Å². The van der Waals surface area contributed by atoms with Gasteiger partial charge in [0.15, 0.2) is 0 Å². The van der Waals surface area contributed by atoms with Crippen molar-refractivity contribution in [2.45, 2.75) is 12.3 Å². The van der Waals surface area contributed by atoms with Crippen LogP contribution in [0.15, 0.2) is 52.9 Å². The molecule has 0 aliphatic rings. The Bertz CT molecular complexity index is 790. The van der Waals surface area contributed by atoms with Crippen molar-refractivity contribution in [3.8, 4) is 16.9 Å². The SMILES string of the molecule is CC(=O)Oc1ccc2c(-c3ccccc3)c(CBr)oc2c1. The number of rotatable bonds is 3. The van der Waals surface area contributed by atoms with Crippen molar-refractivity contribution < 1.29 is 13.9 Å². The summed E-state index contributed by atoms with van der Waals surface area (Å²) < 4.78 is 11.0. The van der Waals surface area contributed by atoms with Gasteiger partial charge in [-0.05, 0) is 17.7 Å². The zero-order chi connectivity index (χ0) is 14.8. The van der Waals surface area contributed by atoms with E-state index in [2.05, 4.69) is 28.1 Å². The number of alkyl halides is 1. The van der Waals surface area contributed by atoms with Gasteiger partial charge in [0.1, 0.15) is 17.1 Å². The highest BCUT2D eigenvalue weighted by Gasteiger charge is 2.15. The molecule has 0 bridgehead atoms. The molecule has 3 rings (SSSR count). The van der Waals surface area contributed by atoms with E-state index in [0.717, 1.165) is 22.3 Å². The van der Waals surface area contributed by atoms with Crippen molar-refractivity contribution in [2.24, 2.45) is 0 Å². The van der Waals surface area contributed by atoms with Crippen molar-refractivity contribution in [2.75, 3.05) is 0 Å². The smallest absolute Gasteiger partial charge is 0.308 e. The molecule has 0 aliphatic carbocycles. The standard InChI is InChI=1S/C17H13BrO3/c1-11(19)20-13-7-8-14-15(9-13)21-16(10-18)17(14)12-5-3-2-4-6-12/h2-9H,10H2,1H3. The Morgan fingerprint density at radius 3 is 2.62 bits per heavy atom. The molecule has 21 heavy (non-hydrogen) atoms. The van der Waals surface area contributed by atoms with Crippen molar-refractivity contribution in [3.63, 3.8) is 0 Å². The zero-order valence-electron chi connectivity index (χ0n) is 11.4. The third-order valence-electron chi connectivity index (χ3n) is 3.18. The lowest BCUT2D eigenvalue weighted by Crippen LogP contribution is -2.00. The average Bonchev–Trinajstić information content (AvgIpc) is 2.85. The summed E-state index contributed by atoms with van der Waals surface area (Å²) in [5, 5.41) is 1.63. The van der Waals surface area contributed by atoms with E-state index in [1.165, 1.54) is 6.92 Å². The first kappa shape index (κ1) is 13.9. The fourth-order valence-electron chi connectivity index (χ4n) is 2.37. The van der Waals surface area contributed by atoms with Crippen LogP contribution in [0.25, 0.3) is 22.1 Å². The Balaban J connectivity index is 2.18. The van der Waals surface area contributed by atoms with Gasteiger partial charge in [0.05, 0.1) is 5.33 Å². The molecular formula is C17H13BrO3. The summed E-state index contributed by atoms with van der Waals surface area (Å²) >= 11 is 3.46. The van der Waals surface area contributed by atoms with Crippen LogP contribution >= 0.6 is 15.9 Å². The lowest BCUT2D eigenvalue weighted by Gasteiger charge is -2.02. The van der Waals surface area contributed by atoms with Crippen LogP contribution in [0.3, 0.4) is 0 Å². The Labute approximate surface area is 130 Å². The molecule has 0 atom stereocenters. The first-order valence-electron chi connectivity index (χ1n) is 6.54. The number of furan rings is 1. The Hall–Kier alpha value is -2.07. The van der Waals surface area contributed by atoms with Gasteiger partial charge in [-0.15, -0.1) is 0 Å². The minimum absolute atomic E-state index is 0.343. The molecule has 0 spiro atoms. The Morgan fingerprint density at radius 1 is 1.19 bits per heavy atom. The number of carbonyl (C=O) groups excluding carboxylic acids is 1. The van der Waals surface area contributed by atoms with Crippen LogP contribution in [0, 0.1) is 0 Å². The van der Waals surface area contributed by atoms with E-state index in [-0.39, 0.29) is 5.97 Å². The van der Waals surface area contributed by atoms with Crippen LogP contribution in [0.1, 0.15) is 12.7 Å². The second-order valence-electron chi connectivity index (χ2n) is 4.65. The highest BCUT2D eigenvalue weighted by molar-refractivity contribution is 9.08. The first-order valence-corrected chi connectivity index (χ1v) is 7.66. The van der Waals surface area contributed by atoms with Gasteiger partial charge in [0, 0.05) is 23.9 Å². The van der Waals surface area contributed by atoms with Crippen LogP contribution in [0.4, 0.5) is 0 Å². The van der Waals surface area contributed by atoms with Gasteiger partial charge in [-0.25, -0.2) is 0 Å². The maximum atomic E-state index is 11.0. The van der Waals surface area contributed by atoms with E-state index in [0.29, 0.717) is 16.7 Å². The summed E-state index contributed by atoms with van der Waals surface area (Å²) in [5.74, 6) is 1.01. The molecule has 0 radical (unpaired) electrons. The maximum Gasteiger partial charge on any atom is 0.308 e. The molecule has 0 fully saturated rings. The van der Waals surface area contributed by atoms with E-state index in [9.17, 15) is 4.79 Å². The monoisotopic (exact) mass is 344 g/mol. The number of esters is 1. The number of fused-ring (bicyclic) bond motifs is 1. The predicted molar refractivity (Wildman–Crippen MR) is 85.6 cm³/mol. The van der Waals surface area contributed by atoms with Crippen molar-refractivity contribution in [1.82, 2.24) is 0 Å². The van der Waals surface area contributed by atoms with Crippen LogP contribution in [0.5, 0.6) is 5.75 Å². The molecule has 3 nitrogen and oxygen atoms in total. The summed E-state index contributed by atoms with van der Waals surface area (Å²) in [7, 11) is 0. The van der Waals surface area contributed by atoms with Gasteiger partial charge < -0.3 is 9.15 Å². The molecule has 1 aromatic heterocycles. The minimum atomic E-state index is -0.343. The molecule has 0 aliphatic heterocycles. The van der Waals surface area contributed by atoms with E-state index >= 15 is 0 Å². The van der Waals surface area contributed by atoms with Crippen LogP contribution in [-0.4, -0.2) is 5.97 Å². The van der Waals surface area contributed by atoms with Crippen LogP contribution in [0.2, 0.25) is 0 Å². The van der Waals surface area contributed by atoms with Crippen LogP contribution in [-0.2, 0) is 10.1 Å². The quantitative estimate of drug-likeness (QED) is 0.384. The summed E-state index contributed by atoms with van der Waals surface area (Å²) in [5.41, 5.74) is 2.88. The van der Waals surface area contributed by atoms with Gasteiger partial charge in [-0.3, -0.25) is 4.79 Å². The fraction of sp³-hybridized carbons (Fsp3) is 0.118. The normalized spacial score (nSPS) is 10.8. The highest BCUT2D eigenvalue weighted by Crippen LogP contribution is 2.37. The summed E-state index contributed by atoms with van der Waals surface area (Å²) in [4.78, 5) is 11.0. The average molecular weight is 345 g/mol. The highest BCUT2D eigenvalue weighted by atomic mass is 79.9. The largest absolute Gasteiger partial charge is 0.459 e. The molecule has 0 saturated heterocycles. The number of halogens is 1. The van der Waals surface area contributed by atoms with E-state index in [4.69, 9.17) is 9.15 Å². The fourth-order valence-corrected chi connectivity index (χ4v) is 2.77. The van der Waals surface area contributed by atoms with Crippen molar-refractivity contribution in [3.05, 3.63) is 54.3 Å². The topological polar surface area (TPSA) is 39.4 Å². The third-order valence-corrected chi connectivity index (χ3v) is 3.69. The van der Waals surface area contributed by atoms with Gasteiger partial charge in [0.25, 0.3) is 0 Å². The maximum absolute atomic E-state index is 11.0. The van der Waals surface area contributed by atoms with E-state index in [1.54, 1.807) is 12.1 Å². The third kappa shape index (κ3) is 2.72. The molecule has 0 unspecified atom stereocenters. The second kappa shape index (κ2) is 5.74. The lowest BCUT2D eigenvalue weighted by atomic mass is 10.0. The summed E-state index contributed by atoms with van der Waals surface area (Å²) in [6.07, 6.45) is 0. The molecule has 1 heterocycles. The number of hydrogen-bond acceptors (Lipinski definition) is 3. The van der Waals surface area contributed by atoms with Gasteiger partial charge >= 0.3 is 5.97 Å². The minimum Gasteiger partial charge on any atom is -0.459 e. The van der Waals surface area contributed by atoms with E-state index < -0.39 is 0 Å². The number of hydrogen-bond donors (Lipinski definition) is 0. The predicted octanol–water partition coefficient (Wildman–Crippen LogP) is 4.92. The zero-order valence-corrected chi connectivity index (χ0v) is 13.0.